The second kappa shape index (κ2) is 7.12. The van der Waals surface area contributed by atoms with Gasteiger partial charge in [-0.15, -0.1) is 0 Å². The summed E-state index contributed by atoms with van der Waals surface area (Å²) in [5, 5.41) is 1.22. The molecule has 2 aromatic rings. The normalized spacial score (nSPS) is 12.4. The second-order valence-electron chi connectivity index (χ2n) is 5.20. The zero-order valence-corrected chi connectivity index (χ0v) is 13.1. The van der Waals surface area contributed by atoms with Crippen molar-refractivity contribution in [3.8, 4) is 0 Å². The smallest absolute Gasteiger partial charge is 0.0624 e. The Morgan fingerprint density at radius 3 is 2.60 bits per heavy atom. The molecule has 0 aliphatic carbocycles. The Hall–Kier alpha value is -1.02. The van der Waals surface area contributed by atoms with Gasteiger partial charge in [0.2, 0.25) is 0 Å². The Balaban J connectivity index is 1.92. The van der Waals surface area contributed by atoms with E-state index in [9.17, 15) is 0 Å². The lowest BCUT2D eigenvalue weighted by Gasteiger charge is -2.13. The van der Waals surface area contributed by atoms with E-state index in [-0.39, 0.29) is 6.04 Å². The van der Waals surface area contributed by atoms with E-state index in [4.69, 9.17) is 28.9 Å². The summed E-state index contributed by atoms with van der Waals surface area (Å²) in [6.07, 6.45) is 2.68. The number of hydrogen-bond donors (Lipinski definition) is 1. The van der Waals surface area contributed by atoms with Gasteiger partial charge in [-0.2, -0.15) is 0 Å². The third kappa shape index (κ3) is 4.24. The third-order valence-corrected chi connectivity index (χ3v) is 4.26. The van der Waals surface area contributed by atoms with Crippen LogP contribution in [0, 0.1) is 6.92 Å². The second-order valence-corrected chi connectivity index (χ2v) is 5.99. The molecule has 0 aliphatic heterocycles. The average Bonchev–Trinajstić information content (AvgIpc) is 2.42. The molecule has 0 saturated heterocycles. The highest BCUT2D eigenvalue weighted by atomic mass is 35.5. The summed E-state index contributed by atoms with van der Waals surface area (Å²) in [6.45, 7) is 2.11. The Kier molecular flexibility index (Phi) is 5.47. The van der Waals surface area contributed by atoms with Crippen molar-refractivity contribution < 1.29 is 0 Å². The van der Waals surface area contributed by atoms with Crippen LogP contribution in [0.1, 0.15) is 23.1 Å². The first kappa shape index (κ1) is 15.4. The molecule has 3 heteroatoms. The van der Waals surface area contributed by atoms with Crippen molar-refractivity contribution >= 4 is 23.2 Å². The van der Waals surface area contributed by atoms with E-state index in [0.29, 0.717) is 10.0 Å². The van der Waals surface area contributed by atoms with Gasteiger partial charge in [0.05, 0.1) is 10.0 Å². The van der Waals surface area contributed by atoms with E-state index in [0.717, 1.165) is 24.8 Å². The molecule has 0 radical (unpaired) electrons. The molecule has 0 amide bonds. The number of rotatable bonds is 5. The fourth-order valence-electron chi connectivity index (χ4n) is 2.31. The molecule has 0 spiro atoms. The van der Waals surface area contributed by atoms with Gasteiger partial charge in [0.25, 0.3) is 0 Å². The van der Waals surface area contributed by atoms with Crippen LogP contribution >= 0.6 is 23.2 Å². The van der Waals surface area contributed by atoms with E-state index in [1.807, 2.05) is 12.1 Å². The number of halogens is 2. The maximum atomic E-state index is 6.21. The summed E-state index contributed by atoms with van der Waals surface area (Å²) < 4.78 is 0. The fraction of sp³-hybridized carbons (Fsp3) is 0.294. The summed E-state index contributed by atoms with van der Waals surface area (Å²) >= 11 is 12.2. The predicted molar refractivity (Wildman–Crippen MR) is 87.6 cm³/mol. The van der Waals surface area contributed by atoms with Gasteiger partial charge in [0.1, 0.15) is 0 Å². The van der Waals surface area contributed by atoms with Crippen molar-refractivity contribution in [2.24, 2.45) is 5.73 Å². The standard InChI is InChI=1S/C17H19Cl2N/c1-12-4-2-5-13(10-12)8-9-15(20)11-14-6-3-7-16(18)17(14)19/h2-7,10,15H,8-9,11,20H2,1H3. The zero-order chi connectivity index (χ0) is 14.5. The van der Waals surface area contributed by atoms with E-state index >= 15 is 0 Å². The highest BCUT2D eigenvalue weighted by Gasteiger charge is 2.09. The van der Waals surface area contributed by atoms with Crippen LogP contribution in [-0.2, 0) is 12.8 Å². The Labute approximate surface area is 130 Å². The summed E-state index contributed by atoms with van der Waals surface area (Å²) in [5.41, 5.74) is 9.85. The van der Waals surface area contributed by atoms with Crippen molar-refractivity contribution in [1.82, 2.24) is 0 Å². The quantitative estimate of drug-likeness (QED) is 0.843. The fourth-order valence-corrected chi connectivity index (χ4v) is 2.71. The Morgan fingerprint density at radius 1 is 1.10 bits per heavy atom. The number of nitrogens with two attached hydrogens (primary N) is 1. The minimum absolute atomic E-state index is 0.0893. The monoisotopic (exact) mass is 307 g/mol. The lowest BCUT2D eigenvalue weighted by atomic mass is 9.99. The molecule has 0 aliphatic rings. The highest BCUT2D eigenvalue weighted by molar-refractivity contribution is 6.42. The first-order valence-corrected chi connectivity index (χ1v) is 7.56. The topological polar surface area (TPSA) is 26.0 Å². The minimum Gasteiger partial charge on any atom is -0.327 e. The van der Waals surface area contributed by atoms with E-state index in [1.165, 1.54) is 11.1 Å². The molecule has 0 bridgehead atoms. The molecule has 1 atom stereocenters. The largest absolute Gasteiger partial charge is 0.327 e. The van der Waals surface area contributed by atoms with Crippen LogP contribution in [0.5, 0.6) is 0 Å². The SMILES string of the molecule is Cc1cccc(CCC(N)Cc2cccc(Cl)c2Cl)c1. The molecule has 0 saturated carbocycles. The number of aryl methyl sites for hydroxylation is 2. The predicted octanol–water partition coefficient (Wildman–Crippen LogP) is 4.80. The first-order valence-electron chi connectivity index (χ1n) is 6.80. The van der Waals surface area contributed by atoms with Crippen LogP contribution in [0.4, 0.5) is 0 Å². The van der Waals surface area contributed by atoms with Gasteiger partial charge in [-0.1, -0.05) is 65.2 Å². The summed E-state index contributed by atoms with van der Waals surface area (Å²) in [7, 11) is 0. The Morgan fingerprint density at radius 2 is 1.85 bits per heavy atom. The first-order chi connectivity index (χ1) is 9.56. The van der Waals surface area contributed by atoms with Crippen molar-refractivity contribution in [3.63, 3.8) is 0 Å². The zero-order valence-electron chi connectivity index (χ0n) is 11.6. The van der Waals surface area contributed by atoms with Crippen LogP contribution in [0.3, 0.4) is 0 Å². The summed E-state index contributed by atoms with van der Waals surface area (Å²) in [6, 6.07) is 14.3. The highest BCUT2D eigenvalue weighted by Crippen LogP contribution is 2.26. The van der Waals surface area contributed by atoms with Crippen molar-refractivity contribution in [3.05, 3.63) is 69.2 Å². The number of hydrogen-bond acceptors (Lipinski definition) is 1. The van der Waals surface area contributed by atoms with Crippen molar-refractivity contribution in [2.45, 2.75) is 32.2 Å². The van der Waals surface area contributed by atoms with E-state index < -0.39 is 0 Å². The molecule has 2 rings (SSSR count). The maximum Gasteiger partial charge on any atom is 0.0624 e. The van der Waals surface area contributed by atoms with Crippen LogP contribution in [0.15, 0.2) is 42.5 Å². The van der Waals surface area contributed by atoms with E-state index in [1.54, 1.807) is 6.07 Å². The van der Waals surface area contributed by atoms with Crippen molar-refractivity contribution in [1.29, 1.82) is 0 Å². The molecule has 2 N–H and O–H groups in total. The molecule has 0 aromatic heterocycles. The minimum atomic E-state index is 0.0893. The third-order valence-electron chi connectivity index (χ3n) is 3.40. The van der Waals surface area contributed by atoms with Crippen LogP contribution in [0.25, 0.3) is 0 Å². The molecule has 106 valence electrons. The van der Waals surface area contributed by atoms with E-state index in [2.05, 4.69) is 31.2 Å². The molecular formula is C17H19Cl2N. The van der Waals surface area contributed by atoms with Gasteiger partial charge in [-0.05, 0) is 43.4 Å². The van der Waals surface area contributed by atoms with Gasteiger partial charge < -0.3 is 5.73 Å². The van der Waals surface area contributed by atoms with Gasteiger partial charge in [-0.25, -0.2) is 0 Å². The molecule has 1 unspecified atom stereocenters. The van der Waals surface area contributed by atoms with Crippen LogP contribution in [0.2, 0.25) is 10.0 Å². The summed E-state index contributed by atoms with van der Waals surface area (Å²) in [5.74, 6) is 0. The molecule has 2 aromatic carbocycles. The molecular weight excluding hydrogens is 289 g/mol. The Bertz CT molecular complexity index is 581. The lowest BCUT2D eigenvalue weighted by Crippen LogP contribution is -2.23. The molecule has 0 fully saturated rings. The van der Waals surface area contributed by atoms with Crippen LogP contribution < -0.4 is 5.73 Å². The number of benzene rings is 2. The van der Waals surface area contributed by atoms with Crippen LogP contribution in [-0.4, -0.2) is 6.04 Å². The van der Waals surface area contributed by atoms with Gasteiger partial charge in [0, 0.05) is 6.04 Å². The van der Waals surface area contributed by atoms with Crippen molar-refractivity contribution in [2.75, 3.05) is 0 Å². The van der Waals surface area contributed by atoms with Gasteiger partial charge in [0.15, 0.2) is 0 Å². The van der Waals surface area contributed by atoms with Gasteiger partial charge >= 0.3 is 0 Å². The molecule has 1 nitrogen and oxygen atoms in total. The maximum absolute atomic E-state index is 6.21. The average molecular weight is 308 g/mol. The summed E-state index contributed by atoms with van der Waals surface area (Å²) in [4.78, 5) is 0. The lowest BCUT2D eigenvalue weighted by molar-refractivity contribution is 0.610. The molecule has 20 heavy (non-hydrogen) atoms. The molecule has 0 heterocycles. The van der Waals surface area contributed by atoms with Gasteiger partial charge in [-0.3, -0.25) is 0 Å².